The Bertz CT molecular complexity index is 1030. The average molecular weight is 418 g/mol. The van der Waals surface area contributed by atoms with Crippen LogP contribution in [0, 0.1) is 0 Å². The van der Waals surface area contributed by atoms with Crippen molar-refractivity contribution < 1.29 is 22.4 Å². The highest BCUT2D eigenvalue weighted by Gasteiger charge is 2.44. The van der Waals surface area contributed by atoms with E-state index < -0.39 is 27.6 Å². The maximum atomic E-state index is 12.7. The Morgan fingerprint density at radius 3 is 2.59 bits per heavy atom. The van der Waals surface area contributed by atoms with Crippen LogP contribution in [-0.2, 0) is 14.8 Å². The molecule has 1 aromatic heterocycles. The van der Waals surface area contributed by atoms with Crippen LogP contribution in [0.15, 0.2) is 52.0 Å². The number of hydrogen-bond acceptors (Lipinski definition) is 6. The maximum absolute atomic E-state index is 12.7. The number of nitrogens with one attached hydrogen (secondary N) is 3. The number of benzene rings is 1. The fraction of sp³-hybridized carbons (Fsp3) is 0.368. The van der Waals surface area contributed by atoms with Crippen molar-refractivity contribution in [2.45, 2.75) is 36.4 Å². The van der Waals surface area contributed by atoms with Crippen LogP contribution < -0.4 is 15.4 Å². The fourth-order valence-electron chi connectivity index (χ4n) is 3.75. The van der Waals surface area contributed by atoms with E-state index in [4.69, 9.17) is 4.42 Å². The van der Waals surface area contributed by atoms with Gasteiger partial charge in [0.15, 0.2) is 5.76 Å². The van der Waals surface area contributed by atoms with Crippen LogP contribution in [0.1, 0.15) is 30.3 Å². The Hall–Kier alpha value is -2.85. The van der Waals surface area contributed by atoms with Crippen molar-refractivity contribution in [1.82, 2.24) is 14.9 Å². The largest absolute Gasteiger partial charge is 0.459 e. The molecule has 2 aliphatic heterocycles. The number of furan rings is 1. The molecule has 2 aromatic rings. The molecule has 2 amide bonds. The van der Waals surface area contributed by atoms with Crippen molar-refractivity contribution in [1.29, 1.82) is 0 Å². The van der Waals surface area contributed by atoms with E-state index in [1.807, 2.05) is 0 Å². The van der Waals surface area contributed by atoms with Gasteiger partial charge in [-0.3, -0.25) is 9.59 Å². The number of para-hydroxylation sites is 1. The van der Waals surface area contributed by atoms with E-state index >= 15 is 0 Å². The van der Waals surface area contributed by atoms with Crippen LogP contribution in [0.3, 0.4) is 0 Å². The summed E-state index contributed by atoms with van der Waals surface area (Å²) in [4.78, 5) is 26.6. The smallest absolute Gasteiger partial charge is 0.287 e. The van der Waals surface area contributed by atoms with Gasteiger partial charge < -0.3 is 20.0 Å². The number of piperidine rings is 1. The van der Waals surface area contributed by atoms with Gasteiger partial charge in [-0.1, -0.05) is 12.1 Å². The predicted molar refractivity (Wildman–Crippen MR) is 105 cm³/mol. The summed E-state index contributed by atoms with van der Waals surface area (Å²) in [6, 6.07) is 9.15. The first-order valence-electron chi connectivity index (χ1n) is 9.34. The van der Waals surface area contributed by atoms with E-state index in [1.165, 1.54) is 12.3 Å². The minimum absolute atomic E-state index is 0.140. The number of sulfonamides is 1. The topological polar surface area (TPSA) is 121 Å². The Labute approximate surface area is 168 Å². The first-order chi connectivity index (χ1) is 13.8. The monoisotopic (exact) mass is 418 g/mol. The highest BCUT2D eigenvalue weighted by molar-refractivity contribution is 7.89. The van der Waals surface area contributed by atoms with Crippen LogP contribution in [0.5, 0.6) is 0 Å². The van der Waals surface area contributed by atoms with Gasteiger partial charge in [0.2, 0.25) is 15.9 Å². The molecule has 10 heteroatoms. The number of carbonyl (C=O) groups excluding carboxylic acids is 2. The molecule has 154 valence electrons. The molecule has 1 saturated heterocycles. The Balaban J connectivity index is 1.40. The lowest BCUT2D eigenvalue weighted by Gasteiger charge is -2.45. The third kappa shape index (κ3) is 3.73. The fourth-order valence-corrected chi connectivity index (χ4v) is 5.29. The molecule has 0 saturated carbocycles. The minimum Gasteiger partial charge on any atom is -0.459 e. The molecule has 3 heterocycles. The lowest BCUT2D eigenvalue weighted by molar-refractivity contribution is -0.134. The molecule has 29 heavy (non-hydrogen) atoms. The number of nitrogens with zero attached hydrogens (tertiary/aromatic N) is 1. The molecule has 1 aromatic carbocycles. The lowest BCUT2D eigenvalue weighted by atomic mass is 9.96. The van der Waals surface area contributed by atoms with Crippen LogP contribution in [0.2, 0.25) is 0 Å². The van der Waals surface area contributed by atoms with Crippen molar-refractivity contribution in [2.24, 2.45) is 0 Å². The molecule has 0 aliphatic carbocycles. The third-order valence-electron chi connectivity index (χ3n) is 5.27. The summed E-state index contributed by atoms with van der Waals surface area (Å²) >= 11 is 0. The van der Waals surface area contributed by atoms with E-state index in [9.17, 15) is 18.0 Å². The second-order valence-corrected chi connectivity index (χ2v) is 8.96. The summed E-state index contributed by atoms with van der Waals surface area (Å²) in [5.74, 6) is -0.539. The van der Waals surface area contributed by atoms with Gasteiger partial charge in [-0.05, 0) is 31.2 Å². The first-order valence-corrected chi connectivity index (χ1v) is 10.8. The van der Waals surface area contributed by atoms with E-state index in [0.717, 1.165) is 0 Å². The second kappa shape index (κ2) is 7.20. The molecule has 3 N–H and O–H groups in total. The number of rotatable bonds is 3. The van der Waals surface area contributed by atoms with Crippen LogP contribution in [-0.4, -0.2) is 49.9 Å². The minimum atomic E-state index is -3.63. The summed E-state index contributed by atoms with van der Waals surface area (Å²) in [6.45, 7) is 2.33. The number of likely N-dealkylation sites (tertiary alicyclic amines) is 1. The SMILES string of the molecule is CC(NC(=O)c1ccco1)C(=O)N1CCC2(CC1)Nc1ccccc1S(=O)(=O)N2. The molecule has 4 rings (SSSR count). The predicted octanol–water partition coefficient (Wildman–Crippen LogP) is 1.12. The van der Waals surface area contributed by atoms with Crippen molar-refractivity contribution >= 4 is 27.5 Å². The highest BCUT2D eigenvalue weighted by atomic mass is 32.2. The van der Waals surface area contributed by atoms with Gasteiger partial charge in [0.25, 0.3) is 5.91 Å². The van der Waals surface area contributed by atoms with Crippen molar-refractivity contribution in [3.63, 3.8) is 0 Å². The number of hydrogen-bond donors (Lipinski definition) is 3. The molecule has 1 unspecified atom stereocenters. The van der Waals surface area contributed by atoms with Crippen LogP contribution in [0.25, 0.3) is 0 Å². The first kappa shape index (κ1) is 19.5. The molecule has 1 fully saturated rings. The van der Waals surface area contributed by atoms with Crippen molar-refractivity contribution in [3.8, 4) is 0 Å². The van der Waals surface area contributed by atoms with E-state index in [0.29, 0.717) is 31.6 Å². The normalized spacial score (nSPS) is 20.4. The summed E-state index contributed by atoms with van der Waals surface area (Å²) in [6.07, 6.45) is 2.21. The van der Waals surface area contributed by atoms with E-state index in [2.05, 4.69) is 15.4 Å². The van der Waals surface area contributed by atoms with Gasteiger partial charge in [-0.15, -0.1) is 0 Å². The zero-order chi connectivity index (χ0) is 20.6. The molecular formula is C19H22N4O5S. The second-order valence-electron chi connectivity index (χ2n) is 7.31. The number of carbonyl (C=O) groups is 2. The molecule has 1 atom stereocenters. The van der Waals surface area contributed by atoms with Gasteiger partial charge in [0.1, 0.15) is 16.6 Å². The lowest BCUT2D eigenvalue weighted by Crippen LogP contribution is -2.63. The van der Waals surface area contributed by atoms with Gasteiger partial charge >= 0.3 is 0 Å². The van der Waals surface area contributed by atoms with Gasteiger partial charge in [-0.2, -0.15) is 4.72 Å². The summed E-state index contributed by atoms with van der Waals surface area (Å²) in [7, 11) is -3.63. The Morgan fingerprint density at radius 2 is 1.90 bits per heavy atom. The van der Waals surface area contributed by atoms with Crippen molar-refractivity contribution in [2.75, 3.05) is 18.4 Å². The van der Waals surface area contributed by atoms with Gasteiger partial charge in [-0.25, -0.2) is 8.42 Å². The maximum Gasteiger partial charge on any atom is 0.287 e. The third-order valence-corrected chi connectivity index (χ3v) is 6.87. The molecule has 0 radical (unpaired) electrons. The molecule has 0 bridgehead atoms. The van der Waals surface area contributed by atoms with Gasteiger partial charge in [0.05, 0.1) is 12.0 Å². The Morgan fingerprint density at radius 1 is 1.17 bits per heavy atom. The van der Waals surface area contributed by atoms with Crippen molar-refractivity contribution in [3.05, 3.63) is 48.4 Å². The van der Waals surface area contributed by atoms with E-state index in [1.54, 1.807) is 42.2 Å². The summed E-state index contributed by atoms with van der Waals surface area (Å²) in [5, 5.41) is 5.92. The molecule has 2 aliphatic rings. The highest BCUT2D eigenvalue weighted by Crippen LogP contribution is 2.34. The number of fused-ring (bicyclic) bond motifs is 1. The van der Waals surface area contributed by atoms with Crippen LogP contribution >= 0.6 is 0 Å². The van der Waals surface area contributed by atoms with Crippen LogP contribution in [0.4, 0.5) is 5.69 Å². The average Bonchev–Trinajstić information content (AvgIpc) is 3.22. The number of anilines is 1. The zero-order valence-electron chi connectivity index (χ0n) is 15.8. The van der Waals surface area contributed by atoms with E-state index in [-0.39, 0.29) is 16.6 Å². The number of amides is 2. The molecule has 9 nitrogen and oxygen atoms in total. The zero-order valence-corrected chi connectivity index (χ0v) is 16.7. The standard InChI is InChI=1S/C19H22N4O5S/c1-13(20-17(24)15-6-4-12-28-15)18(25)23-10-8-19(9-11-23)21-14-5-2-3-7-16(14)29(26,27)22-19/h2-7,12-13,21-22H,8-11H2,1H3,(H,20,24). The Kier molecular flexibility index (Phi) is 4.83. The quantitative estimate of drug-likeness (QED) is 0.687. The summed E-state index contributed by atoms with van der Waals surface area (Å²) in [5.41, 5.74) is -0.268. The van der Waals surface area contributed by atoms with Gasteiger partial charge in [0, 0.05) is 25.9 Å². The molecular weight excluding hydrogens is 396 g/mol. The molecule has 1 spiro atoms. The summed E-state index contributed by atoms with van der Waals surface area (Å²) < 4.78 is 33.0.